The Morgan fingerprint density at radius 1 is 1.21 bits per heavy atom. The van der Waals surface area contributed by atoms with Crippen LogP contribution in [0.2, 0.25) is 0 Å². The van der Waals surface area contributed by atoms with Gasteiger partial charge in [0, 0.05) is 12.0 Å². The van der Waals surface area contributed by atoms with E-state index in [0.29, 0.717) is 18.7 Å². The molecule has 2 saturated heterocycles. The summed E-state index contributed by atoms with van der Waals surface area (Å²) in [4.78, 5) is 0. The first-order valence-electron chi connectivity index (χ1n) is 6.46. The number of oxime groups is 1. The van der Waals surface area contributed by atoms with Crippen LogP contribution in [0.5, 0.6) is 0 Å². The Kier molecular flexibility index (Phi) is 3.50. The normalized spacial score (nSPS) is 37.0. The highest BCUT2D eigenvalue weighted by Gasteiger charge is 2.41. The molecule has 5 heteroatoms. The molecule has 0 aliphatic carbocycles. The molecule has 0 aromatic heterocycles. The van der Waals surface area contributed by atoms with Crippen LogP contribution in [-0.2, 0) is 14.2 Å². The van der Waals surface area contributed by atoms with E-state index in [4.69, 9.17) is 19.4 Å². The zero-order valence-electron chi connectivity index (χ0n) is 10.7. The van der Waals surface area contributed by atoms with Gasteiger partial charge < -0.3 is 19.4 Å². The molecule has 2 aliphatic heterocycles. The van der Waals surface area contributed by atoms with E-state index < -0.39 is 6.29 Å². The van der Waals surface area contributed by atoms with E-state index in [1.165, 1.54) is 0 Å². The van der Waals surface area contributed by atoms with Gasteiger partial charge in [-0.25, -0.2) is 0 Å². The Morgan fingerprint density at radius 3 is 2.74 bits per heavy atom. The quantitative estimate of drug-likeness (QED) is 0.622. The highest BCUT2D eigenvalue weighted by atomic mass is 16.7. The van der Waals surface area contributed by atoms with Gasteiger partial charge in [-0.15, -0.1) is 0 Å². The fraction of sp³-hybridized carbons (Fsp3) is 0.500. The molecule has 1 aromatic carbocycles. The fourth-order valence-electron chi connectivity index (χ4n) is 2.57. The zero-order chi connectivity index (χ0) is 13.2. The van der Waals surface area contributed by atoms with Crippen LogP contribution >= 0.6 is 0 Å². The first-order valence-corrected chi connectivity index (χ1v) is 6.46. The lowest BCUT2D eigenvalue weighted by Gasteiger charge is -2.41. The molecule has 102 valence electrons. The van der Waals surface area contributed by atoms with Crippen molar-refractivity contribution in [1.82, 2.24) is 0 Å². The number of hydrogen-bond acceptors (Lipinski definition) is 5. The maximum atomic E-state index is 9.12. The molecule has 2 heterocycles. The monoisotopic (exact) mass is 263 g/mol. The molecule has 0 spiro atoms. The van der Waals surface area contributed by atoms with Gasteiger partial charge >= 0.3 is 0 Å². The summed E-state index contributed by atoms with van der Waals surface area (Å²) in [6.07, 6.45) is -0.363. The maximum absolute atomic E-state index is 9.12. The first kappa shape index (κ1) is 12.6. The van der Waals surface area contributed by atoms with Gasteiger partial charge in [-0.2, -0.15) is 0 Å². The Balaban J connectivity index is 1.78. The fourth-order valence-corrected chi connectivity index (χ4v) is 2.57. The van der Waals surface area contributed by atoms with Crippen LogP contribution in [0, 0.1) is 0 Å². The lowest BCUT2D eigenvalue weighted by Crippen LogP contribution is -2.52. The van der Waals surface area contributed by atoms with Crippen molar-refractivity contribution in [3.05, 3.63) is 35.9 Å². The van der Waals surface area contributed by atoms with E-state index in [2.05, 4.69) is 5.16 Å². The highest BCUT2D eigenvalue weighted by Crippen LogP contribution is 2.32. The minimum atomic E-state index is -0.434. The molecule has 1 N–H and O–H groups in total. The third kappa shape index (κ3) is 2.49. The van der Waals surface area contributed by atoms with Crippen molar-refractivity contribution in [3.63, 3.8) is 0 Å². The molecular weight excluding hydrogens is 246 g/mol. The summed E-state index contributed by atoms with van der Waals surface area (Å²) in [5.74, 6) is 0. The second kappa shape index (κ2) is 5.28. The van der Waals surface area contributed by atoms with Gasteiger partial charge in [0.1, 0.15) is 12.2 Å². The summed E-state index contributed by atoms with van der Waals surface area (Å²) in [6.45, 7) is 2.39. The van der Waals surface area contributed by atoms with E-state index in [1.54, 1.807) is 0 Å². The van der Waals surface area contributed by atoms with Crippen LogP contribution in [0.3, 0.4) is 0 Å². The summed E-state index contributed by atoms with van der Waals surface area (Å²) < 4.78 is 17.3. The molecule has 0 radical (unpaired) electrons. The largest absolute Gasteiger partial charge is 0.411 e. The van der Waals surface area contributed by atoms with E-state index >= 15 is 0 Å². The number of benzene rings is 1. The summed E-state index contributed by atoms with van der Waals surface area (Å²) in [5.41, 5.74) is 1.59. The highest BCUT2D eigenvalue weighted by molar-refractivity contribution is 5.90. The topological polar surface area (TPSA) is 60.3 Å². The molecule has 0 saturated carbocycles. The average molecular weight is 263 g/mol. The van der Waals surface area contributed by atoms with Crippen molar-refractivity contribution < 1.29 is 19.4 Å². The van der Waals surface area contributed by atoms with Crippen LogP contribution in [0.4, 0.5) is 0 Å². The van der Waals surface area contributed by atoms with Gasteiger partial charge in [0.15, 0.2) is 6.29 Å². The summed E-state index contributed by atoms with van der Waals surface area (Å²) in [6, 6.07) is 9.73. The van der Waals surface area contributed by atoms with E-state index in [0.717, 1.165) is 5.56 Å². The van der Waals surface area contributed by atoms with Crippen LogP contribution in [0.25, 0.3) is 0 Å². The standard InChI is InChI=1S/C14H17NO4/c1-9-7-11(15-16)13-12(18-9)8-17-14(19-13)10-5-3-2-4-6-10/h2-6,9,12-14,16H,7-8H2,1H3/b15-11-/t9-,12+,13+,14-/m1/s1. The van der Waals surface area contributed by atoms with E-state index in [9.17, 15) is 0 Å². The Morgan fingerprint density at radius 2 is 2.00 bits per heavy atom. The van der Waals surface area contributed by atoms with Crippen molar-refractivity contribution in [2.75, 3.05) is 6.61 Å². The molecule has 2 aliphatic rings. The molecule has 0 amide bonds. The molecule has 3 rings (SSSR count). The molecule has 5 nitrogen and oxygen atoms in total. The third-order valence-electron chi connectivity index (χ3n) is 3.45. The van der Waals surface area contributed by atoms with Crippen LogP contribution in [0.1, 0.15) is 25.2 Å². The summed E-state index contributed by atoms with van der Waals surface area (Å²) >= 11 is 0. The zero-order valence-corrected chi connectivity index (χ0v) is 10.7. The molecule has 0 unspecified atom stereocenters. The second-order valence-electron chi connectivity index (χ2n) is 4.91. The van der Waals surface area contributed by atoms with Crippen molar-refractivity contribution >= 4 is 5.71 Å². The predicted octanol–water partition coefficient (Wildman–Crippen LogP) is 2.11. The Labute approximate surface area is 111 Å². The molecular formula is C14H17NO4. The second-order valence-corrected chi connectivity index (χ2v) is 4.91. The SMILES string of the molecule is C[C@@H]1C/C(=N/O)[C@@H]2O[C@H](c3ccccc3)OC[C@@H]2O1. The third-order valence-corrected chi connectivity index (χ3v) is 3.45. The van der Waals surface area contributed by atoms with E-state index in [1.807, 2.05) is 37.3 Å². The molecule has 2 fully saturated rings. The average Bonchev–Trinajstić information content (AvgIpc) is 2.46. The van der Waals surface area contributed by atoms with Gasteiger partial charge in [0.25, 0.3) is 0 Å². The van der Waals surface area contributed by atoms with Gasteiger partial charge in [0.2, 0.25) is 0 Å². The first-order chi connectivity index (χ1) is 9.28. The van der Waals surface area contributed by atoms with Crippen LogP contribution in [-0.4, -0.2) is 35.8 Å². The number of nitrogens with zero attached hydrogens (tertiary/aromatic N) is 1. The van der Waals surface area contributed by atoms with Crippen LogP contribution < -0.4 is 0 Å². The van der Waals surface area contributed by atoms with Crippen LogP contribution in [0.15, 0.2) is 35.5 Å². The van der Waals surface area contributed by atoms with Crippen molar-refractivity contribution in [1.29, 1.82) is 0 Å². The minimum Gasteiger partial charge on any atom is -0.411 e. The number of ether oxygens (including phenoxy) is 3. The number of fused-ring (bicyclic) bond motifs is 1. The number of rotatable bonds is 1. The lowest BCUT2D eigenvalue weighted by atomic mass is 9.98. The number of hydrogen-bond donors (Lipinski definition) is 1. The van der Waals surface area contributed by atoms with Gasteiger partial charge in [-0.3, -0.25) is 0 Å². The predicted molar refractivity (Wildman–Crippen MR) is 68.2 cm³/mol. The Bertz CT molecular complexity index is 462. The smallest absolute Gasteiger partial charge is 0.184 e. The minimum absolute atomic E-state index is 0.0209. The maximum Gasteiger partial charge on any atom is 0.184 e. The Hall–Kier alpha value is -1.43. The molecule has 0 bridgehead atoms. The van der Waals surface area contributed by atoms with Crippen molar-refractivity contribution in [3.8, 4) is 0 Å². The molecule has 19 heavy (non-hydrogen) atoms. The molecule has 4 atom stereocenters. The van der Waals surface area contributed by atoms with Gasteiger partial charge in [-0.1, -0.05) is 35.5 Å². The summed E-state index contributed by atoms with van der Waals surface area (Å²) in [5, 5.41) is 12.5. The van der Waals surface area contributed by atoms with Crippen molar-refractivity contribution in [2.45, 2.75) is 37.9 Å². The van der Waals surface area contributed by atoms with Crippen molar-refractivity contribution in [2.24, 2.45) is 5.16 Å². The van der Waals surface area contributed by atoms with Gasteiger partial charge in [-0.05, 0) is 6.92 Å². The van der Waals surface area contributed by atoms with E-state index in [-0.39, 0.29) is 18.3 Å². The van der Waals surface area contributed by atoms with Gasteiger partial charge in [0.05, 0.1) is 18.4 Å². The lowest BCUT2D eigenvalue weighted by molar-refractivity contribution is -0.261. The molecule has 1 aromatic rings. The summed E-state index contributed by atoms with van der Waals surface area (Å²) in [7, 11) is 0.